The van der Waals surface area contributed by atoms with Crippen LogP contribution in [-0.2, 0) is 11.2 Å². The molecule has 0 bridgehead atoms. The second-order valence-corrected chi connectivity index (χ2v) is 6.85. The van der Waals surface area contributed by atoms with Gasteiger partial charge in [-0.15, -0.1) is 24.8 Å². The molecule has 1 aromatic rings. The zero-order chi connectivity index (χ0) is 16.8. The Kier molecular flexibility index (Phi) is 11.4. The molecule has 2 rings (SSSR count). The Hall–Kier alpha value is -0.810. The number of nitrogens with zero attached hydrogens (tertiary/aromatic N) is 1. The van der Waals surface area contributed by atoms with Crippen molar-refractivity contribution in [3.63, 3.8) is 0 Å². The zero-order valence-electron chi connectivity index (χ0n) is 15.5. The number of amides is 1. The minimum Gasteiger partial charge on any atom is -0.354 e. The van der Waals surface area contributed by atoms with Crippen LogP contribution in [0.2, 0.25) is 0 Å². The highest BCUT2D eigenvalue weighted by atomic mass is 35.5. The average molecular weight is 390 g/mol. The van der Waals surface area contributed by atoms with E-state index in [-0.39, 0.29) is 42.7 Å². The number of hydrogen-bond acceptors (Lipinski definition) is 3. The molecule has 0 aromatic heterocycles. The molecule has 4 nitrogen and oxygen atoms in total. The fourth-order valence-corrected chi connectivity index (χ4v) is 3.57. The largest absolute Gasteiger partial charge is 0.354 e. The summed E-state index contributed by atoms with van der Waals surface area (Å²) < 4.78 is 0. The van der Waals surface area contributed by atoms with Crippen LogP contribution in [0.1, 0.15) is 43.4 Å². The Morgan fingerprint density at radius 2 is 1.88 bits per heavy atom. The van der Waals surface area contributed by atoms with E-state index in [9.17, 15) is 4.79 Å². The quantitative estimate of drug-likeness (QED) is 0.752. The number of benzene rings is 1. The topological polar surface area (TPSA) is 58.4 Å². The summed E-state index contributed by atoms with van der Waals surface area (Å²) in [6.07, 6.45) is 4.23. The third kappa shape index (κ3) is 6.45. The Labute approximate surface area is 164 Å². The first-order chi connectivity index (χ1) is 11.1. The van der Waals surface area contributed by atoms with Crippen LogP contribution in [-0.4, -0.2) is 38.0 Å². The third-order valence-corrected chi connectivity index (χ3v) is 5.16. The van der Waals surface area contributed by atoms with Crippen molar-refractivity contribution in [2.45, 2.75) is 38.6 Å². The van der Waals surface area contributed by atoms with Crippen molar-refractivity contribution in [1.29, 1.82) is 0 Å². The Bertz CT molecular complexity index is 508. The van der Waals surface area contributed by atoms with Crippen molar-refractivity contribution in [3.05, 3.63) is 35.4 Å². The van der Waals surface area contributed by atoms with Crippen LogP contribution in [0, 0.1) is 11.8 Å². The van der Waals surface area contributed by atoms with E-state index in [0.29, 0.717) is 19.0 Å². The van der Waals surface area contributed by atoms with E-state index in [1.54, 1.807) is 0 Å². The molecule has 1 saturated carbocycles. The van der Waals surface area contributed by atoms with E-state index in [4.69, 9.17) is 5.73 Å². The van der Waals surface area contributed by atoms with Gasteiger partial charge in [0.2, 0.25) is 5.91 Å². The van der Waals surface area contributed by atoms with Gasteiger partial charge in [-0.2, -0.15) is 0 Å². The summed E-state index contributed by atoms with van der Waals surface area (Å²) in [4.78, 5) is 14.7. The lowest BCUT2D eigenvalue weighted by atomic mass is 9.95. The molecule has 1 fully saturated rings. The number of aryl methyl sites for hydroxylation is 1. The number of likely N-dealkylation sites (N-methyl/N-ethyl adjacent to an activating group) is 1. The van der Waals surface area contributed by atoms with Gasteiger partial charge >= 0.3 is 0 Å². The Morgan fingerprint density at radius 3 is 2.40 bits per heavy atom. The fraction of sp³-hybridized carbons (Fsp3) is 0.632. The summed E-state index contributed by atoms with van der Waals surface area (Å²) in [6, 6.07) is 8.90. The SMILES string of the molecule is CCc1ccc(C(CNC(=O)[C@@H]2CCC[C@@H]2CN)N(C)C)cc1.Cl.Cl. The van der Waals surface area contributed by atoms with Gasteiger partial charge in [-0.1, -0.05) is 37.6 Å². The normalized spacial score (nSPS) is 20.5. The number of halogens is 2. The molecule has 144 valence electrons. The highest BCUT2D eigenvalue weighted by Crippen LogP contribution is 2.31. The molecule has 0 saturated heterocycles. The summed E-state index contributed by atoms with van der Waals surface area (Å²) in [7, 11) is 4.12. The summed E-state index contributed by atoms with van der Waals surface area (Å²) in [5, 5.41) is 3.16. The standard InChI is InChI=1S/C19H31N3O.2ClH/c1-4-14-8-10-15(11-9-14)18(22(2)3)13-21-19(23)17-7-5-6-16(17)12-20;;/h8-11,16-18H,4-7,12-13,20H2,1-3H3,(H,21,23);2*1H/t16-,17-,18?;;/m1../s1. The van der Waals surface area contributed by atoms with Crippen LogP contribution in [0.15, 0.2) is 24.3 Å². The maximum atomic E-state index is 12.5. The summed E-state index contributed by atoms with van der Waals surface area (Å²) in [5.41, 5.74) is 8.38. The summed E-state index contributed by atoms with van der Waals surface area (Å²) in [5.74, 6) is 0.636. The molecule has 1 amide bonds. The van der Waals surface area contributed by atoms with E-state index in [1.807, 2.05) is 0 Å². The second-order valence-electron chi connectivity index (χ2n) is 6.85. The molecule has 1 aliphatic rings. The lowest BCUT2D eigenvalue weighted by molar-refractivity contribution is -0.126. The van der Waals surface area contributed by atoms with Crippen LogP contribution in [0.5, 0.6) is 0 Å². The number of carbonyl (C=O) groups excluding carboxylic acids is 1. The van der Waals surface area contributed by atoms with Gasteiger partial charge in [0.1, 0.15) is 0 Å². The highest BCUT2D eigenvalue weighted by Gasteiger charge is 2.32. The second kappa shape index (κ2) is 11.7. The lowest BCUT2D eigenvalue weighted by Crippen LogP contribution is -2.39. The number of nitrogens with one attached hydrogen (secondary N) is 1. The maximum Gasteiger partial charge on any atom is 0.223 e. The number of carbonyl (C=O) groups is 1. The van der Waals surface area contributed by atoms with Gasteiger partial charge in [0.15, 0.2) is 0 Å². The van der Waals surface area contributed by atoms with E-state index in [1.165, 1.54) is 11.1 Å². The van der Waals surface area contributed by atoms with Gasteiger partial charge in [-0.25, -0.2) is 0 Å². The van der Waals surface area contributed by atoms with E-state index in [2.05, 4.69) is 55.5 Å². The molecule has 3 N–H and O–H groups in total. The summed E-state index contributed by atoms with van der Waals surface area (Å²) in [6.45, 7) is 3.42. The third-order valence-electron chi connectivity index (χ3n) is 5.16. The monoisotopic (exact) mass is 389 g/mol. The van der Waals surface area contributed by atoms with Gasteiger partial charge in [-0.3, -0.25) is 4.79 Å². The minimum absolute atomic E-state index is 0. The molecule has 1 aliphatic carbocycles. The molecular weight excluding hydrogens is 357 g/mol. The van der Waals surface area contributed by atoms with E-state index >= 15 is 0 Å². The van der Waals surface area contributed by atoms with Crippen LogP contribution in [0.4, 0.5) is 0 Å². The molecule has 0 radical (unpaired) electrons. The van der Waals surface area contributed by atoms with Crippen molar-refractivity contribution < 1.29 is 4.79 Å². The Balaban J connectivity index is 0.00000288. The maximum absolute atomic E-state index is 12.5. The zero-order valence-corrected chi connectivity index (χ0v) is 17.2. The van der Waals surface area contributed by atoms with Crippen LogP contribution in [0.25, 0.3) is 0 Å². The van der Waals surface area contributed by atoms with Crippen LogP contribution < -0.4 is 11.1 Å². The van der Waals surface area contributed by atoms with Crippen molar-refractivity contribution in [2.24, 2.45) is 17.6 Å². The molecule has 0 heterocycles. The van der Waals surface area contributed by atoms with Gasteiger partial charge in [0.05, 0.1) is 6.04 Å². The molecule has 3 atom stereocenters. The highest BCUT2D eigenvalue weighted by molar-refractivity contribution is 5.85. The van der Waals surface area contributed by atoms with Gasteiger partial charge < -0.3 is 16.0 Å². The molecule has 25 heavy (non-hydrogen) atoms. The predicted molar refractivity (Wildman–Crippen MR) is 110 cm³/mol. The van der Waals surface area contributed by atoms with Crippen LogP contribution >= 0.6 is 24.8 Å². The molecular formula is C19H33Cl2N3O. The molecule has 0 spiro atoms. The molecule has 1 unspecified atom stereocenters. The van der Waals surface area contributed by atoms with E-state index < -0.39 is 0 Å². The molecule has 1 aromatic carbocycles. The van der Waals surface area contributed by atoms with Crippen molar-refractivity contribution in [3.8, 4) is 0 Å². The number of rotatable bonds is 7. The van der Waals surface area contributed by atoms with Gasteiger partial charge in [-0.05, 0) is 56.9 Å². The van der Waals surface area contributed by atoms with Gasteiger partial charge in [0, 0.05) is 12.5 Å². The fourth-order valence-electron chi connectivity index (χ4n) is 3.57. The average Bonchev–Trinajstić information content (AvgIpc) is 3.04. The van der Waals surface area contributed by atoms with Crippen molar-refractivity contribution in [2.75, 3.05) is 27.2 Å². The van der Waals surface area contributed by atoms with Crippen molar-refractivity contribution in [1.82, 2.24) is 10.2 Å². The minimum atomic E-state index is 0. The first-order valence-electron chi connectivity index (χ1n) is 8.79. The number of hydrogen-bond donors (Lipinski definition) is 2. The molecule has 6 heteroatoms. The number of nitrogens with two attached hydrogens (primary N) is 1. The predicted octanol–water partition coefficient (Wildman–Crippen LogP) is 3.19. The first kappa shape index (κ1) is 24.2. The van der Waals surface area contributed by atoms with Crippen molar-refractivity contribution >= 4 is 30.7 Å². The first-order valence-corrected chi connectivity index (χ1v) is 8.79. The smallest absolute Gasteiger partial charge is 0.223 e. The molecule has 0 aliphatic heterocycles. The van der Waals surface area contributed by atoms with Gasteiger partial charge in [0.25, 0.3) is 0 Å². The van der Waals surface area contributed by atoms with Crippen LogP contribution in [0.3, 0.4) is 0 Å². The lowest BCUT2D eigenvalue weighted by Gasteiger charge is -2.26. The van der Waals surface area contributed by atoms with E-state index in [0.717, 1.165) is 25.7 Å². The Morgan fingerprint density at radius 1 is 1.24 bits per heavy atom. The summed E-state index contributed by atoms with van der Waals surface area (Å²) >= 11 is 0.